The van der Waals surface area contributed by atoms with Gasteiger partial charge in [0, 0.05) is 30.5 Å². The van der Waals surface area contributed by atoms with E-state index in [2.05, 4.69) is 15.5 Å². The normalized spacial score (nSPS) is 16.7. The second-order valence-electron chi connectivity index (χ2n) is 6.45. The lowest BCUT2D eigenvalue weighted by Gasteiger charge is -2.16. The third kappa shape index (κ3) is 3.48. The second kappa shape index (κ2) is 6.96. The summed E-state index contributed by atoms with van der Waals surface area (Å²) in [6.07, 6.45) is 0.209. The van der Waals surface area contributed by atoms with Crippen LogP contribution in [-0.2, 0) is 9.59 Å². The van der Waals surface area contributed by atoms with Crippen molar-refractivity contribution in [2.45, 2.75) is 20.3 Å². The summed E-state index contributed by atoms with van der Waals surface area (Å²) in [6.45, 7) is 4.04. The average Bonchev–Trinajstić information content (AvgIpc) is 3.35. The molecular weight excluding hydrogens is 364 g/mol. The SMILES string of the molecule is Cc1nc(-c2cc(NC(=O)[C@H]3CC(=O)N(c4ccccc4)C3)c(C)s2)no1. The van der Waals surface area contributed by atoms with E-state index in [-0.39, 0.29) is 24.2 Å². The van der Waals surface area contributed by atoms with E-state index in [1.165, 1.54) is 11.3 Å². The predicted molar refractivity (Wildman–Crippen MR) is 103 cm³/mol. The molecule has 1 aliphatic rings. The highest BCUT2D eigenvalue weighted by Crippen LogP contribution is 2.33. The Morgan fingerprint density at radius 2 is 2.07 bits per heavy atom. The first-order valence-corrected chi connectivity index (χ1v) is 9.40. The van der Waals surface area contributed by atoms with Gasteiger partial charge in [0.25, 0.3) is 0 Å². The molecule has 0 spiro atoms. The summed E-state index contributed by atoms with van der Waals surface area (Å²) >= 11 is 1.49. The monoisotopic (exact) mass is 382 g/mol. The summed E-state index contributed by atoms with van der Waals surface area (Å²) in [7, 11) is 0. The molecule has 138 valence electrons. The summed E-state index contributed by atoms with van der Waals surface area (Å²) in [5.41, 5.74) is 1.53. The van der Waals surface area contributed by atoms with E-state index in [0.29, 0.717) is 23.9 Å². The lowest BCUT2D eigenvalue weighted by molar-refractivity contribution is -0.122. The zero-order valence-corrected chi connectivity index (χ0v) is 15.7. The van der Waals surface area contributed by atoms with Crippen molar-refractivity contribution in [1.29, 1.82) is 0 Å². The van der Waals surface area contributed by atoms with Gasteiger partial charge in [0.05, 0.1) is 16.5 Å². The van der Waals surface area contributed by atoms with Crippen molar-refractivity contribution in [2.75, 3.05) is 16.8 Å². The van der Waals surface area contributed by atoms with E-state index < -0.39 is 0 Å². The summed E-state index contributed by atoms with van der Waals surface area (Å²) < 4.78 is 5.01. The minimum absolute atomic E-state index is 0.0358. The minimum atomic E-state index is -0.382. The first-order valence-electron chi connectivity index (χ1n) is 8.58. The number of benzene rings is 1. The van der Waals surface area contributed by atoms with Gasteiger partial charge >= 0.3 is 0 Å². The van der Waals surface area contributed by atoms with Crippen LogP contribution in [0.3, 0.4) is 0 Å². The van der Waals surface area contributed by atoms with Crippen LogP contribution < -0.4 is 10.2 Å². The molecule has 0 saturated carbocycles. The first kappa shape index (κ1) is 17.4. The van der Waals surface area contributed by atoms with Crippen LogP contribution >= 0.6 is 11.3 Å². The molecule has 1 fully saturated rings. The Morgan fingerprint density at radius 1 is 1.30 bits per heavy atom. The molecule has 0 radical (unpaired) electrons. The van der Waals surface area contributed by atoms with Crippen LogP contribution in [0.1, 0.15) is 17.2 Å². The van der Waals surface area contributed by atoms with Gasteiger partial charge < -0.3 is 14.7 Å². The van der Waals surface area contributed by atoms with Gasteiger partial charge in [-0.25, -0.2) is 0 Å². The van der Waals surface area contributed by atoms with Gasteiger partial charge in [-0.2, -0.15) is 4.98 Å². The second-order valence-corrected chi connectivity index (χ2v) is 7.70. The van der Waals surface area contributed by atoms with Crippen LogP contribution in [0, 0.1) is 19.8 Å². The van der Waals surface area contributed by atoms with E-state index in [9.17, 15) is 9.59 Å². The number of hydrogen-bond donors (Lipinski definition) is 1. The molecule has 27 heavy (non-hydrogen) atoms. The van der Waals surface area contributed by atoms with Crippen molar-refractivity contribution in [3.8, 4) is 10.7 Å². The van der Waals surface area contributed by atoms with Gasteiger partial charge in [-0.05, 0) is 25.1 Å². The van der Waals surface area contributed by atoms with Crippen LogP contribution in [0.5, 0.6) is 0 Å². The molecule has 3 heterocycles. The third-order valence-corrected chi connectivity index (χ3v) is 5.53. The predicted octanol–water partition coefficient (Wildman–Crippen LogP) is 3.41. The number of nitrogens with one attached hydrogen (secondary N) is 1. The van der Waals surface area contributed by atoms with Crippen LogP contribution in [0.15, 0.2) is 40.9 Å². The van der Waals surface area contributed by atoms with Crippen molar-refractivity contribution in [3.63, 3.8) is 0 Å². The fourth-order valence-corrected chi connectivity index (χ4v) is 3.99. The molecule has 1 aromatic carbocycles. The number of carbonyl (C=O) groups is 2. The summed E-state index contributed by atoms with van der Waals surface area (Å²) in [6, 6.07) is 11.3. The van der Waals surface area contributed by atoms with Crippen molar-refractivity contribution in [3.05, 3.63) is 47.2 Å². The Morgan fingerprint density at radius 3 is 2.78 bits per heavy atom. The molecule has 0 bridgehead atoms. The number of anilines is 2. The van der Waals surface area contributed by atoms with Gasteiger partial charge in [0.2, 0.25) is 23.5 Å². The molecule has 1 aliphatic heterocycles. The van der Waals surface area contributed by atoms with E-state index in [0.717, 1.165) is 15.4 Å². The van der Waals surface area contributed by atoms with E-state index in [1.54, 1.807) is 11.8 Å². The smallest absolute Gasteiger partial charge is 0.229 e. The highest BCUT2D eigenvalue weighted by Gasteiger charge is 2.35. The third-order valence-electron chi connectivity index (χ3n) is 4.49. The zero-order chi connectivity index (χ0) is 19.0. The van der Waals surface area contributed by atoms with Crippen LogP contribution in [0.4, 0.5) is 11.4 Å². The highest BCUT2D eigenvalue weighted by molar-refractivity contribution is 7.16. The molecule has 8 heteroatoms. The topological polar surface area (TPSA) is 88.3 Å². The lowest BCUT2D eigenvalue weighted by atomic mass is 10.1. The number of para-hydroxylation sites is 1. The first-order chi connectivity index (χ1) is 13.0. The van der Waals surface area contributed by atoms with Crippen LogP contribution in [-0.4, -0.2) is 28.5 Å². The Kier molecular flexibility index (Phi) is 4.49. The summed E-state index contributed by atoms with van der Waals surface area (Å²) in [4.78, 5) is 32.7. The standard InChI is InChI=1S/C19H18N4O3S/c1-11-15(9-16(27-11)18-20-12(2)26-22-18)21-19(25)13-8-17(24)23(10-13)14-6-4-3-5-7-14/h3-7,9,13H,8,10H2,1-2H3,(H,21,25)/t13-/m0/s1. The molecule has 1 saturated heterocycles. The van der Waals surface area contributed by atoms with Gasteiger partial charge in [0.15, 0.2) is 0 Å². The number of hydrogen-bond acceptors (Lipinski definition) is 6. The van der Waals surface area contributed by atoms with Crippen molar-refractivity contribution >= 4 is 34.5 Å². The molecule has 2 aromatic heterocycles. The van der Waals surface area contributed by atoms with Crippen LogP contribution in [0.2, 0.25) is 0 Å². The lowest BCUT2D eigenvalue weighted by Crippen LogP contribution is -2.28. The van der Waals surface area contributed by atoms with E-state index in [1.807, 2.05) is 43.3 Å². The van der Waals surface area contributed by atoms with Gasteiger partial charge in [-0.15, -0.1) is 11.3 Å². The number of aromatic nitrogens is 2. The van der Waals surface area contributed by atoms with Gasteiger partial charge in [-0.1, -0.05) is 23.4 Å². The fraction of sp³-hybridized carbons (Fsp3) is 0.263. The summed E-state index contributed by atoms with van der Waals surface area (Å²) in [5.74, 6) is 0.428. The van der Waals surface area contributed by atoms with Crippen molar-refractivity contribution < 1.29 is 14.1 Å². The number of aryl methyl sites for hydroxylation is 2. The van der Waals surface area contributed by atoms with Gasteiger partial charge in [-0.3, -0.25) is 9.59 Å². The van der Waals surface area contributed by atoms with Crippen molar-refractivity contribution in [1.82, 2.24) is 10.1 Å². The number of carbonyl (C=O) groups excluding carboxylic acids is 2. The molecule has 0 unspecified atom stereocenters. The van der Waals surface area contributed by atoms with Crippen LogP contribution in [0.25, 0.3) is 10.7 Å². The highest BCUT2D eigenvalue weighted by atomic mass is 32.1. The number of rotatable bonds is 4. The minimum Gasteiger partial charge on any atom is -0.339 e. The molecule has 7 nitrogen and oxygen atoms in total. The maximum absolute atomic E-state index is 12.7. The molecule has 1 atom stereocenters. The molecule has 0 aliphatic carbocycles. The Hall–Kier alpha value is -3.00. The largest absolute Gasteiger partial charge is 0.339 e. The molecule has 3 aromatic rings. The zero-order valence-electron chi connectivity index (χ0n) is 14.9. The molecule has 1 N–H and O–H groups in total. The van der Waals surface area contributed by atoms with E-state index in [4.69, 9.17) is 4.52 Å². The number of thiophene rings is 1. The molecular formula is C19H18N4O3S. The molecule has 2 amide bonds. The Bertz CT molecular complexity index is 996. The van der Waals surface area contributed by atoms with E-state index >= 15 is 0 Å². The Balaban J connectivity index is 1.47. The fourth-order valence-electron chi connectivity index (χ4n) is 3.09. The maximum atomic E-state index is 12.7. The number of nitrogens with zero attached hydrogens (tertiary/aromatic N) is 3. The quantitative estimate of drug-likeness (QED) is 0.747. The summed E-state index contributed by atoms with van der Waals surface area (Å²) in [5, 5.41) is 6.86. The Labute approximate surface area is 160 Å². The van der Waals surface area contributed by atoms with Crippen molar-refractivity contribution in [2.24, 2.45) is 5.92 Å². The van der Waals surface area contributed by atoms with Gasteiger partial charge in [0.1, 0.15) is 0 Å². The average molecular weight is 382 g/mol. The number of amides is 2. The maximum Gasteiger partial charge on any atom is 0.229 e. The molecule has 4 rings (SSSR count).